The molecule has 11 heteroatoms. The van der Waals surface area contributed by atoms with Crippen molar-refractivity contribution in [1.29, 1.82) is 0 Å². The van der Waals surface area contributed by atoms with Gasteiger partial charge in [0, 0.05) is 6.54 Å². The van der Waals surface area contributed by atoms with E-state index < -0.39 is 28.2 Å². The van der Waals surface area contributed by atoms with E-state index in [9.17, 15) is 18.0 Å². The van der Waals surface area contributed by atoms with Crippen molar-refractivity contribution in [3.05, 3.63) is 22.4 Å². The maximum absolute atomic E-state index is 12.1. The molecule has 0 radical (unpaired) electrons. The molecule has 2 heterocycles. The molecule has 1 saturated heterocycles. The largest absolute Gasteiger partial charge is 0.394 e. The predicted molar refractivity (Wildman–Crippen MR) is 87.1 cm³/mol. The number of ether oxygens (including phenoxy) is 1. The molecule has 4 amide bonds. The van der Waals surface area contributed by atoms with E-state index in [-0.39, 0.29) is 32.8 Å². The van der Waals surface area contributed by atoms with Gasteiger partial charge in [0.2, 0.25) is 10.0 Å². The Morgan fingerprint density at radius 1 is 1.50 bits per heavy atom. The molecule has 1 aliphatic heterocycles. The summed E-state index contributed by atoms with van der Waals surface area (Å²) in [5.74, 6) is 0. The summed E-state index contributed by atoms with van der Waals surface area (Å²) in [6, 6.07) is 0.294. The Balaban J connectivity index is 1.95. The van der Waals surface area contributed by atoms with Crippen molar-refractivity contribution in [2.45, 2.75) is 6.10 Å². The molecule has 1 aromatic heterocycles. The first kappa shape index (κ1) is 18.6. The van der Waals surface area contributed by atoms with Gasteiger partial charge in [0.05, 0.1) is 32.6 Å². The monoisotopic (exact) mass is 377 g/mol. The quantitative estimate of drug-likeness (QED) is 0.701. The van der Waals surface area contributed by atoms with Gasteiger partial charge in [-0.25, -0.2) is 27.2 Å². The predicted octanol–water partition coefficient (Wildman–Crippen LogP) is 0.205. The molecule has 1 aromatic rings. The molecule has 1 aliphatic rings. The summed E-state index contributed by atoms with van der Waals surface area (Å²) in [5, 5.41) is 15.2. The molecule has 2 rings (SSSR count). The van der Waals surface area contributed by atoms with Crippen molar-refractivity contribution >= 4 is 33.4 Å². The van der Waals surface area contributed by atoms with Gasteiger partial charge in [-0.05, 0) is 22.4 Å². The van der Waals surface area contributed by atoms with Gasteiger partial charge >= 0.3 is 12.1 Å². The number of hydrogen-bond acceptors (Lipinski definition) is 7. The average molecular weight is 377 g/mol. The Labute approximate surface area is 143 Å². The summed E-state index contributed by atoms with van der Waals surface area (Å²) < 4.78 is 29.1. The van der Waals surface area contributed by atoms with Crippen LogP contribution in [-0.4, -0.2) is 73.9 Å². The minimum absolute atomic E-state index is 0.00164. The number of urea groups is 2. The number of carbonyl (C=O) groups excluding carboxylic acids is 2. The lowest BCUT2D eigenvalue weighted by Gasteiger charge is -2.20. The van der Waals surface area contributed by atoms with Gasteiger partial charge in [0.1, 0.15) is 6.10 Å². The maximum atomic E-state index is 12.1. The van der Waals surface area contributed by atoms with E-state index in [0.717, 1.165) is 16.7 Å². The average Bonchev–Trinajstić information content (AvgIpc) is 3.16. The fourth-order valence-corrected chi connectivity index (χ4v) is 3.71. The third-order valence-electron chi connectivity index (χ3n) is 3.38. The van der Waals surface area contributed by atoms with Gasteiger partial charge in [0.15, 0.2) is 0 Å². The van der Waals surface area contributed by atoms with Gasteiger partial charge in [-0.15, -0.1) is 0 Å². The second-order valence-electron chi connectivity index (χ2n) is 5.10. The number of carbonyl (C=O) groups is 2. The van der Waals surface area contributed by atoms with Crippen LogP contribution >= 0.6 is 11.3 Å². The van der Waals surface area contributed by atoms with Crippen LogP contribution in [0.25, 0.3) is 0 Å². The normalized spacial score (nSPS) is 16.5. The van der Waals surface area contributed by atoms with Crippen LogP contribution in [0, 0.1) is 0 Å². The van der Waals surface area contributed by atoms with Crippen LogP contribution in [0.2, 0.25) is 0 Å². The number of aliphatic hydroxyl groups excluding tert-OH is 1. The summed E-state index contributed by atoms with van der Waals surface area (Å²) in [4.78, 5) is 25.0. The van der Waals surface area contributed by atoms with E-state index in [1.54, 1.807) is 0 Å². The van der Waals surface area contributed by atoms with Gasteiger partial charge < -0.3 is 15.2 Å². The van der Waals surface area contributed by atoms with Crippen LogP contribution in [0.15, 0.2) is 16.8 Å². The first-order valence-corrected chi connectivity index (χ1v) is 9.95. The Morgan fingerprint density at radius 2 is 2.25 bits per heavy atom. The molecule has 134 valence electrons. The Hall–Kier alpha value is -1.69. The number of nitrogens with one attached hydrogen (secondary N) is 1. The molecular formula is C13H19N3O6S2. The van der Waals surface area contributed by atoms with E-state index >= 15 is 0 Å². The summed E-state index contributed by atoms with van der Waals surface area (Å²) in [6.45, 7) is 0.0000299. The van der Waals surface area contributed by atoms with Crippen LogP contribution in [0.5, 0.6) is 0 Å². The van der Waals surface area contributed by atoms with E-state index in [1.165, 1.54) is 11.3 Å². The Morgan fingerprint density at radius 3 is 2.79 bits per heavy atom. The lowest BCUT2D eigenvalue weighted by molar-refractivity contribution is 0.0292. The van der Waals surface area contributed by atoms with Crippen molar-refractivity contribution in [1.82, 2.24) is 14.5 Å². The fourth-order valence-electron chi connectivity index (χ4n) is 2.21. The third kappa shape index (κ3) is 4.44. The standard InChI is InChI=1S/C13H19N3O6S2/c1-24(20,21)16-4-3-15(13(16)19)12(18)14-8-11(22-6-5-17)10-2-7-23-9-10/h2,7,9,11,17H,3-6,8H2,1H3,(H,14,18)/t11-/m0/s1. The molecule has 0 saturated carbocycles. The SMILES string of the molecule is CS(=O)(=O)N1CCN(C(=O)NC[C@H](OCCO)c2ccsc2)C1=O. The van der Waals surface area contributed by atoms with Gasteiger partial charge in [0.25, 0.3) is 0 Å². The zero-order chi connectivity index (χ0) is 17.7. The minimum Gasteiger partial charge on any atom is -0.394 e. The number of thiophene rings is 1. The molecule has 1 atom stereocenters. The Bertz CT molecular complexity index is 676. The van der Waals surface area contributed by atoms with Gasteiger partial charge in [-0.3, -0.25) is 0 Å². The van der Waals surface area contributed by atoms with E-state index in [0.29, 0.717) is 4.31 Å². The topological polar surface area (TPSA) is 116 Å². The number of hydrogen-bond donors (Lipinski definition) is 2. The highest BCUT2D eigenvalue weighted by atomic mass is 32.2. The van der Waals surface area contributed by atoms with E-state index in [2.05, 4.69) is 5.32 Å². The summed E-state index contributed by atoms with van der Waals surface area (Å²) in [7, 11) is -3.69. The van der Waals surface area contributed by atoms with Gasteiger partial charge in [-0.1, -0.05) is 0 Å². The molecule has 0 unspecified atom stereocenters. The molecule has 2 N–H and O–H groups in total. The highest BCUT2D eigenvalue weighted by Crippen LogP contribution is 2.20. The molecule has 0 spiro atoms. The summed E-state index contributed by atoms with van der Waals surface area (Å²) in [6.07, 6.45) is 0.456. The van der Waals surface area contributed by atoms with Crippen LogP contribution in [-0.2, 0) is 14.8 Å². The number of aliphatic hydroxyl groups is 1. The molecule has 0 bridgehead atoms. The number of imide groups is 1. The number of nitrogens with zero attached hydrogens (tertiary/aromatic N) is 2. The molecule has 0 aliphatic carbocycles. The summed E-state index contributed by atoms with van der Waals surface area (Å²) in [5.41, 5.74) is 0.847. The second kappa shape index (κ2) is 7.92. The molecule has 9 nitrogen and oxygen atoms in total. The van der Waals surface area contributed by atoms with E-state index in [1.807, 2.05) is 16.8 Å². The van der Waals surface area contributed by atoms with Gasteiger partial charge in [-0.2, -0.15) is 11.3 Å². The number of sulfonamides is 1. The maximum Gasteiger partial charge on any atom is 0.341 e. The first-order chi connectivity index (χ1) is 11.3. The van der Waals surface area contributed by atoms with Crippen LogP contribution in [0.1, 0.15) is 11.7 Å². The number of rotatable bonds is 7. The van der Waals surface area contributed by atoms with Crippen molar-refractivity contribution < 1.29 is 27.9 Å². The van der Waals surface area contributed by atoms with Crippen molar-refractivity contribution in [2.24, 2.45) is 0 Å². The highest BCUT2D eigenvalue weighted by Gasteiger charge is 2.38. The first-order valence-electron chi connectivity index (χ1n) is 7.16. The number of amides is 4. The summed E-state index contributed by atoms with van der Waals surface area (Å²) >= 11 is 1.47. The van der Waals surface area contributed by atoms with Crippen molar-refractivity contribution in [3.63, 3.8) is 0 Å². The van der Waals surface area contributed by atoms with Crippen LogP contribution in [0.4, 0.5) is 9.59 Å². The molecular weight excluding hydrogens is 358 g/mol. The van der Waals surface area contributed by atoms with Crippen molar-refractivity contribution in [2.75, 3.05) is 39.1 Å². The minimum atomic E-state index is -3.69. The molecule has 0 aromatic carbocycles. The van der Waals surface area contributed by atoms with Crippen LogP contribution in [0.3, 0.4) is 0 Å². The van der Waals surface area contributed by atoms with E-state index in [4.69, 9.17) is 9.84 Å². The highest BCUT2D eigenvalue weighted by molar-refractivity contribution is 7.88. The fraction of sp³-hybridized carbons (Fsp3) is 0.538. The van der Waals surface area contributed by atoms with Crippen molar-refractivity contribution in [3.8, 4) is 0 Å². The lowest BCUT2D eigenvalue weighted by Crippen LogP contribution is -2.44. The zero-order valence-corrected chi connectivity index (χ0v) is 14.7. The Kier molecular flexibility index (Phi) is 6.15. The smallest absolute Gasteiger partial charge is 0.341 e. The lowest BCUT2D eigenvalue weighted by atomic mass is 10.2. The molecule has 24 heavy (non-hydrogen) atoms. The third-order valence-corrected chi connectivity index (χ3v) is 5.22. The zero-order valence-electron chi connectivity index (χ0n) is 13.0. The van der Waals surface area contributed by atoms with Crippen LogP contribution < -0.4 is 5.32 Å². The second-order valence-corrected chi connectivity index (χ2v) is 7.78. The molecule has 1 fully saturated rings.